The number of aromatic amines is 1. The lowest BCUT2D eigenvalue weighted by molar-refractivity contribution is 0.0922. The number of nitrogens with zero attached hydrogens (tertiary/aromatic N) is 1. The maximum atomic E-state index is 5.71. The number of aromatic nitrogens is 2. The van der Waals surface area contributed by atoms with Crippen LogP contribution in [0.25, 0.3) is 10.9 Å². The highest BCUT2D eigenvalue weighted by molar-refractivity contribution is 5.89. The number of nitrogens with one attached hydrogen (secondary N) is 1. The third-order valence-corrected chi connectivity index (χ3v) is 2.30. The minimum Gasteiger partial charge on any atom is -0.488 e. The molecule has 0 aliphatic heterocycles. The molecule has 2 rings (SSSR count). The lowest BCUT2D eigenvalue weighted by atomic mass is 10.2. The number of anilines is 1. The van der Waals surface area contributed by atoms with Crippen molar-refractivity contribution in [1.82, 2.24) is 10.2 Å². The largest absolute Gasteiger partial charge is 0.488 e. The van der Waals surface area contributed by atoms with E-state index in [-0.39, 0.29) is 6.10 Å². The predicted molar refractivity (Wildman–Crippen MR) is 62.5 cm³/mol. The van der Waals surface area contributed by atoms with E-state index >= 15 is 0 Å². The zero-order chi connectivity index (χ0) is 11.5. The fraction of sp³-hybridized carbons (Fsp3) is 0.364. The summed E-state index contributed by atoms with van der Waals surface area (Å²) in [6, 6.07) is 5.65. The zero-order valence-electron chi connectivity index (χ0n) is 9.36. The molecule has 0 radical (unpaired) electrons. The summed E-state index contributed by atoms with van der Waals surface area (Å²) in [7, 11) is 1.65. The molecule has 0 aliphatic carbocycles. The Morgan fingerprint density at radius 2 is 2.31 bits per heavy atom. The molecule has 1 aromatic heterocycles. The first kappa shape index (κ1) is 10.8. The first-order valence-corrected chi connectivity index (χ1v) is 5.10. The van der Waals surface area contributed by atoms with Gasteiger partial charge < -0.3 is 15.2 Å². The zero-order valence-corrected chi connectivity index (χ0v) is 9.36. The van der Waals surface area contributed by atoms with Gasteiger partial charge in [0.2, 0.25) is 0 Å². The van der Waals surface area contributed by atoms with Crippen LogP contribution >= 0.6 is 0 Å². The number of hydrogen-bond acceptors (Lipinski definition) is 4. The highest BCUT2D eigenvalue weighted by atomic mass is 16.5. The van der Waals surface area contributed by atoms with E-state index in [4.69, 9.17) is 15.2 Å². The van der Waals surface area contributed by atoms with Crippen LogP contribution in [0.1, 0.15) is 6.92 Å². The SMILES string of the molecule is COCC(C)Oc1ccc2[nH]nc(N)c2c1. The summed E-state index contributed by atoms with van der Waals surface area (Å²) >= 11 is 0. The van der Waals surface area contributed by atoms with Gasteiger partial charge in [0.05, 0.1) is 12.1 Å². The normalized spacial score (nSPS) is 12.9. The van der Waals surface area contributed by atoms with Crippen molar-refractivity contribution in [2.45, 2.75) is 13.0 Å². The average Bonchev–Trinajstić information content (AvgIpc) is 2.61. The van der Waals surface area contributed by atoms with Crippen LogP contribution in [0.15, 0.2) is 18.2 Å². The van der Waals surface area contributed by atoms with E-state index < -0.39 is 0 Å². The van der Waals surface area contributed by atoms with E-state index in [1.807, 2.05) is 25.1 Å². The molecular weight excluding hydrogens is 206 g/mol. The molecule has 3 N–H and O–H groups in total. The van der Waals surface area contributed by atoms with Gasteiger partial charge in [-0.1, -0.05) is 0 Å². The van der Waals surface area contributed by atoms with Crippen molar-refractivity contribution in [3.8, 4) is 5.75 Å². The second-order valence-electron chi connectivity index (χ2n) is 3.70. The number of benzene rings is 1. The molecular formula is C11H15N3O2. The summed E-state index contributed by atoms with van der Waals surface area (Å²) in [5.41, 5.74) is 6.62. The number of hydrogen-bond donors (Lipinski definition) is 2. The minimum atomic E-state index is 0.00979. The summed E-state index contributed by atoms with van der Waals surface area (Å²) in [6.45, 7) is 2.51. The van der Waals surface area contributed by atoms with Crippen LogP contribution in [-0.4, -0.2) is 30.0 Å². The molecule has 0 spiro atoms. The topological polar surface area (TPSA) is 73.2 Å². The quantitative estimate of drug-likeness (QED) is 0.821. The maximum Gasteiger partial charge on any atom is 0.153 e. The van der Waals surface area contributed by atoms with Gasteiger partial charge in [0.25, 0.3) is 0 Å². The number of nitrogens with two attached hydrogens (primary N) is 1. The van der Waals surface area contributed by atoms with Crippen LogP contribution in [0, 0.1) is 0 Å². The Balaban J connectivity index is 2.21. The average molecular weight is 221 g/mol. The van der Waals surface area contributed by atoms with Gasteiger partial charge in [-0.05, 0) is 25.1 Å². The van der Waals surface area contributed by atoms with Crippen LogP contribution in [0.4, 0.5) is 5.82 Å². The predicted octanol–water partition coefficient (Wildman–Crippen LogP) is 1.56. The second kappa shape index (κ2) is 4.40. The number of ether oxygens (including phenoxy) is 2. The van der Waals surface area contributed by atoms with E-state index in [0.29, 0.717) is 12.4 Å². The first-order chi connectivity index (χ1) is 7.70. The van der Waals surface area contributed by atoms with Gasteiger partial charge >= 0.3 is 0 Å². The van der Waals surface area contributed by atoms with Crippen molar-refractivity contribution < 1.29 is 9.47 Å². The van der Waals surface area contributed by atoms with Crippen molar-refractivity contribution in [2.24, 2.45) is 0 Å². The molecule has 5 heteroatoms. The molecule has 0 bridgehead atoms. The Bertz CT molecular complexity index is 481. The van der Waals surface area contributed by atoms with E-state index in [1.165, 1.54) is 0 Å². The number of H-pyrrole nitrogens is 1. The van der Waals surface area contributed by atoms with Crippen molar-refractivity contribution in [3.05, 3.63) is 18.2 Å². The van der Waals surface area contributed by atoms with Gasteiger partial charge in [0.15, 0.2) is 5.82 Å². The van der Waals surface area contributed by atoms with Crippen LogP contribution in [-0.2, 0) is 4.74 Å². The molecule has 0 saturated heterocycles. The maximum absolute atomic E-state index is 5.71. The summed E-state index contributed by atoms with van der Waals surface area (Å²) in [4.78, 5) is 0. The van der Waals surface area contributed by atoms with Gasteiger partial charge in [-0.3, -0.25) is 5.10 Å². The van der Waals surface area contributed by atoms with E-state index in [9.17, 15) is 0 Å². The lowest BCUT2D eigenvalue weighted by Gasteiger charge is -2.13. The monoisotopic (exact) mass is 221 g/mol. The number of nitrogen functional groups attached to an aromatic ring is 1. The highest BCUT2D eigenvalue weighted by Crippen LogP contribution is 2.23. The van der Waals surface area contributed by atoms with Crippen molar-refractivity contribution >= 4 is 16.7 Å². The molecule has 5 nitrogen and oxygen atoms in total. The van der Waals surface area contributed by atoms with Crippen molar-refractivity contribution in [1.29, 1.82) is 0 Å². The number of methoxy groups -OCH3 is 1. The summed E-state index contributed by atoms with van der Waals surface area (Å²) in [5.74, 6) is 1.25. The van der Waals surface area contributed by atoms with E-state index in [2.05, 4.69) is 10.2 Å². The Morgan fingerprint density at radius 3 is 3.06 bits per heavy atom. The van der Waals surface area contributed by atoms with Gasteiger partial charge in [-0.15, -0.1) is 0 Å². The lowest BCUT2D eigenvalue weighted by Crippen LogP contribution is -2.17. The summed E-state index contributed by atoms with van der Waals surface area (Å²) < 4.78 is 10.7. The smallest absolute Gasteiger partial charge is 0.153 e. The highest BCUT2D eigenvalue weighted by Gasteiger charge is 2.06. The molecule has 0 fully saturated rings. The fourth-order valence-electron chi connectivity index (χ4n) is 1.59. The molecule has 1 unspecified atom stereocenters. The standard InChI is InChI=1S/C11H15N3O2/c1-7(6-15-2)16-8-3-4-10-9(5-8)11(12)14-13-10/h3-5,7H,6H2,1-2H3,(H3,12,13,14). The van der Waals surface area contributed by atoms with E-state index in [1.54, 1.807) is 7.11 Å². The third kappa shape index (κ3) is 2.09. The summed E-state index contributed by atoms with van der Waals surface area (Å²) in [5, 5.41) is 7.64. The Labute approximate surface area is 93.5 Å². The molecule has 0 amide bonds. The molecule has 1 aromatic carbocycles. The number of rotatable bonds is 4. The van der Waals surface area contributed by atoms with Crippen molar-refractivity contribution in [2.75, 3.05) is 19.5 Å². The van der Waals surface area contributed by atoms with Gasteiger partial charge in [-0.2, -0.15) is 5.10 Å². The Kier molecular flexibility index (Phi) is 2.96. The van der Waals surface area contributed by atoms with Gasteiger partial charge in [-0.25, -0.2) is 0 Å². The first-order valence-electron chi connectivity index (χ1n) is 5.10. The van der Waals surface area contributed by atoms with Crippen LogP contribution < -0.4 is 10.5 Å². The van der Waals surface area contributed by atoms with Gasteiger partial charge in [0.1, 0.15) is 11.9 Å². The molecule has 2 aromatic rings. The van der Waals surface area contributed by atoms with Crippen molar-refractivity contribution in [3.63, 3.8) is 0 Å². The fourth-order valence-corrected chi connectivity index (χ4v) is 1.59. The molecule has 0 aliphatic rings. The minimum absolute atomic E-state index is 0.00979. The van der Waals surface area contributed by atoms with E-state index in [0.717, 1.165) is 16.7 Å². The van der Waals surface area contributed by atoms with Crippen LogP contribution in [0.2, 0.25) is 0 Å². The second-order valence-corrected chi connectivity index (χ2v) is 3.70. The molecule has 16 heavy (non-hydrogen) atoms. The Hall–Kier alpha value is -1.75. The Morgan fingerprint density at radius 1 is 1.50 bits per heavy atom. The molecule has 1 atom stereocenters. The summed E-state index contributed by atoms with van der Waals surface area (Å²) in [6.07, 6.45) is 0.00979. The van der Waals surface area contributed by atoms with Crippen LogP contribution in [0.5, 0.6) is 5.75 Å². The number of fused-ring (bicyclic) bond motifs is 1. The molecule has 0 saturated carbocycles. The van der Waals surface area contributed by atoms with Crippen LogP contribution in [0.3, 0.4) is 0 Å². The third-order valence-electron chi connectivity index (χ3n) is 2.30. The molecule has 86 valence electrons. The van der Waals surface area contributed by atoms with Gasteiger partial charge in [0, 0.05) is 12.5 Å². The molecule has 1 heterocycles.